The number of aliphatic hydroxyl groups is 1. The Morgan fingerprint density at radius 3 is 2.41 bits per heavy atom. The first-order chi connectivity index (χ1) is 8.17. The standard InChI is InChI=1S/C13H22N2OS/c1-15(2)9-8-14-13(10-16)11-4-6-12(17-3)7-5-11/h4-7,13-14,16H,8-10H2,1-3H3. The average Bonchev–Trinajstić information content (AvgIpc) is 2.34. The smallest absolute Gasteiger partial charge is 0.0626 e. The second-order valence-electron chi connectivity index (χ2n) is 4.27. The van der Waals surface area contributed by atoms with Crippen molar-refractivity contribution in [1.82, 2.24) is 10.2 Å². The summed E-state index contributed by atoms with van der Waals surface area (Å²) in [5.74, 6) is 0. The third-order valence-corrected chi connectivity index (χ3v) is 3.39. The predicted molar refractivity (Wildman–Crippen MR) is 74.6 cm³/mol. The van der Waals surface area contributed by atoms with Crippen LogP contribution in [-0.2, 0) is 0 Å². The zero-order valence-electron chi connectivity index (χ0n) is 10.8. The van der Waals surface area contributed by atoms with Crippen LogP contribution in [0, 0.1) is 0 Å². The summed E-state index contributed by atoms with van der Waals surface area (Å²) in [6.07, 6.45) is 2.06. The van der Waals surface area contributed by atoms with Gasteiger partial charge in [-0.2, -0.15) is 0 Å². The second kappa shape index (κ2) is 7.71. The summed E-state index contributed by atoms with van der Waals surface area (Å²) < 4.78 is 0. The van der Waals surface area contributed by atoms with E-state index in [1.165, 1.54) is 4.90 Å². The molecule has 4 heteroatoms. The van der Waals surface area contributed by atoms with E-state index in [1.807, 2.05) is 14.1 Å². The minimum atomic E-state index is 0.0332. The maximum absolute atomic E-state index is 9.39. The van der Waals surface area contributed by atoms with Crippen molar-refractivity contribution in [2.24, 2.45) is 0 Å². The number of benzene rings is 1. The molecule has 0 fully saturated rings. The summed E-state index contributed by atoms with van der Waals surface area (Å²) in [6, 6.07) is 8.38. The summed E-state index contributed by atoms with van der Waals surface area (Å²) in [5, 5.41) is 12.7. The number of rotatable bonds is 7. The van der Waals surface area contributed by atoms with Gasteiger partial charge in [-0.05, 0) is 38.0 Å². The molecule has 0 aromatic heterocycles. The fourth-order valence-electron chi connectivity index (χ4n) is 1.59. The van der Waals surface area contributed by atoms with Crippen molar-refractivity contribution in [2.75, 3.05) is 40.0 Å². The zero-order valence-corrected chi connectivity index (χ0v) is 11.6. The summed E-state index contributed by atoms with van der Waals surface area (Å²) in [6.45, 7) is 1.98. The number of nitrogens with zero attached hydrogens (tertiary/aromatic N) is 1. The van der Waals surface area contributed by atoms with Gasteiger partial charge in [0.15, 0.2) is 0 Å². The molecule has 0 aliphatic carbocycles. The van der Waals surface area contributed by atoms with E-state index in [9.17, 15) is 5.11 Å². The first-order valence-electron chi connectivity index (χ1n) is 5.80. The predicted octanol–water partition coefficient (Wildman–Crippen LogP) is 1.59. The van der Waals surface area contributed by atoms with Crippen molar-refractivity contribution in [2.45, 2.75) is 10.9 Å². The van der Waals surface area contributed by atoms with Crippen molar-refractivity contribution >= 4 is 11.8 Å². The molecular formula is C13H22N2OS. The van der Waals surface area contributed by atoms with E-state index in [-0.39, 0.29) is 12.6 Å². The van der Waals surface area contributed by atoms with Gasteiger partial charge in [-0.3, -0.25) is 0 Å². The Balaban J connectivity index is 2.53. The lowest BCUT2D eigenvalue weighted by molar-refractivity contribution is 0.240. The van der Waals surface area contributed by atoms with Crippen LogP contribution >= 0.6 is 11.8 Å². The molecule has 0 saturated heterocycles. The van der Waals surface area contributed by atoms with E-state index in [1.54, 1.807) is 11.8 Å². The van der Waals surface area contributed by atoms with E-state index >= 15 is 0 Å². The maximum atomic E-state index is 9.39. The van der Waals surface area contributed by atoms with Crippen LogP contribution in [0.25, 0.3) is 0 Å². The van der Waals surface area contributed by atoms with Crippen molar-refractivity contribution in [3.8, 4) is 0 Å². The molecule has 96 valence electrons. The highest BCUT2D eigenvalue weighted by Crippen LogP contribution is 2.18. The molecule has 0 aliphatic heterocycles. The number of likely N-dealkylation sites (N-methyl/N-ethyl adjacent to an activating group) is 1. The number of aliphatic hydroxyl groups excluding tert-OH is 1. The lowest BCUT2D eigenvalue weighted by Gasteiger charge is -2.18. The van der Waals surface area contributed by atoms with Crippen molar-refractivity contribution < 1.29 is 5.11 Å². The Hall–Kier alpha value is -0.550. The fourth-order valence-corrected chi connectivity index (χ4v) is 1.99. The van der Waals surface area contributed by atoms with E-state index < -0.39 is 0 Å². The van der Waals surface area contributed by atoms with Crippen molar-refractivity contribution in [1.29, 1.82) is 0 Å². The van der Waals surface area contributed by atoms with Crippen LogP contribution in [0.2, 0.25) is 0 Å². The Kier molecular flexibility index (Phi) is 6.58. The molecule has 1 aromatic rings. The number of thioether (sulfide) groups is 1. The molecule has 0 bridgehead atoms. The molecule has 1 unspecified atom stereocenters. The zero-order chi connectivity index (χ0) is 12.7. The van der Waals surface area contributed by atoms with Crippen LogP contribution in [-0.4, -0.2) is 50.1 Å². The monoisotopic (exact) mass is 254 g/mol. The minimum absolute atomic E-state index is 0.0332. The fraction of sp³-hybridized carbons (Fsp3) is 0.538. The molecule has 0 spiro atoms. The van der Waals surface area contributed by atoms with Gasteiger partial charge in [0.1, 0.15) is 0 Å². The van der Waals surface area contributed by atoms with E-state index in [2.05, 4.69) is 40.7 Å². The van der Waals surface area contributed by atoms with Gasteiger partial charge in [-0.25, -0.2) is 0 Å². The van der Waals surface area contributed by atoms with Crippen LogP contribution in [0.4, 0.5) is 0 Å². The average molecular weight is 254 g/mol. The van der Waals surface area contributed by atoms with Gasteiger partial charge >= 0.3 is 0 Å². The van der Waals surface area contributed by atoms with Crippen LogP contribution in [0.15, 0.2) is 29.2 Å². The van der Waals surface area contributed by atoms with Gasteiger partial charge in [-0.1, -0.05) is 12.1 Å². The molecule has 0 amide bonds. The molecule has 0 aliphatic rings. The minimum Gasteiger partial charge on any atom is -0.394 e. The van der Waals surface area contributed by atoms with Gasteiger partial charge in [0.2, 0.25) is 0 Å². The summed E-state index contributed by atoms with van der Waals surface area (Å²) >= 11 is 1.73. The molecule has 3 nitrogen and oxygen atoms in total. The lowest BCUT2D eigenvalue weighted by Crippen LogP contribution is -2.31. The second-order valence-corrected chi connectivity index (χ2v) is 5.15. The van der Waals surface area contributed by atoms with E-state index in [0.717, 1.165) is 18.7 Å². The third kappa shape index (κ3) is 5.08. The van der Waals surface area contributed by atoms with Crippen LogP contribution < -0.4 is 5.32 Å². The van der Waals surface area contributed by atoms with Crippen LogP contribution in [0.1, 0.15) is 11.6 Å². The SMILES string of the molecule is CSc1ccc(C(CO)NCCN(C)C)cc1. The maximum Gasteiger partial charge on any atom is 0.0626 e. The van der Waals surface area contributed by atoms with Crippen molar-refractivity contribution in [3.63, 3.8) is 0 Å². The number of hydrogen-bond donors (Lipinski definition) is 2. The third-order valence-electron chi connectivity index (χ3n) is 2.65. The summed E-state index contributed by atoms with van der Waals surface area (Å²) in [7, 11) is 4.09. The summed E-state index contributed by atoms with van der Waals surface area (Å²) in [4.78, 5) is 3.37. The normalized spacial score (nSPS) is 13.0. The van der Waals surface area contributed by atoms with Crippen molar-refractivity contribution in [3.05, 3.63) is 29.8 Å². The Morgan fingerprint density at radius 1 is 1.29 bits per heavy atom. The van der Waals surface area contributed by atoms with Gasteiger partial charge in [0, 0.05) is 18.0 Å². The molecule has 0 saturated carbocycles. The molecule has 1 rings (SSSR count). The first-order valence-corrected chi connectivity index (χ1v) is 7.02. The van der Waals surface area contributed by atoms with Crippen LogP contribution in [0.3, 0.4) is 0 Å². The number of nitrogens with one attached hydrogen (secondary N) is 1. The summed E-state index contributed by atoms with van der Waals surface area (Å²) in [5.41, 5.74) is 1.14. The topological polar surface area (TPSA) is 35.5 Å². The molecule has 17 heavy (non-hydrogen) atoms. The highest BCUT2D eigenvalue weighted by Gasteiger charge is 2.09. The first kappa shape index (κ1) is 14.5. The quantitative estimate of drug-likeness (QED) is 0.725. The molecular weight excluding hydrogens is 232 g/mol. The van der Waals surface area contributed by atoms with Crippen LogP contribution in [0.5, 0.6) is 0 Å². The lowest BCUT2D eigenvalue weighted by atomic mass is 10.1. The van der Waals surface area contributed by atoms with Gasteiger partial charge in [0.25, 0.3) is 0 Å². The molecule has 1 atom stereocenters. The molecule has 0 heterocycles. The Labute approximate surface area is 108 Å². The van der Waals surface area contributed by atoms with Gasteiger partial charge < -0.3 is 15.3 Å². The molecule has 1 aromatic carbocycles. The van der Waals surface area contributed by atoms with Gasteiger partial charge in [0.05, 0.1) is 12.6 Å². The number of hydrogen-bond acceptors (Lipinski definition) is 4. The Morgan fingerprint density at radius 2 is 1.94 bits per heavy atom. The Bertz CT molecular complexity index is 314. The molecule has 0 radical (unpaired) electrons. The van der Waals surface area contributed by atoms with E-state index in [0.29, 0.717) is 0 Å². The highest BCUT2D eigenvalue weighted by molar-refractivity contribution is 7.98. The molecule has 2 N–H and O–H groups in total. The van der Waals surface area contributed by atoms with E-state index in [4.69, 9.17) is 0 Å². The largest absolute Gasteiger partial charge is 0.394 e. The van der Waals surface area contributed by atoms with Gasteiger partial charge in [-0.15, -0.1) is 11.8 Å². The highest BCUT2D eigenvalue weighted by atomic mass is 32.2.